The average molecular weight is 358 g/mol. The first-order valence-electron chi connectivity index (χ1n) is 5.30. The number of nitrogens with zero attached hydrogens (tertiary/aromatic N) is 2. The van der Waals surface area contributed by atoms with Gasteiger partial charge in [-0.25, -0.2) is 0 Å². The summed E-state index contributed by atoms with van der Waals surface area (Å²) in [5, 5.41) is 20.1. The monoisotopic (exact) mass is 357 g/mol. The smallest absolute Gasteiger partial charge is 0.275 e. The number of hydrogen-bond donors (Lipinski definition) is 0. The molecular weight excluding hydrogens is 340 g/mol. The molecule has 0 spiro atoms. The van der Waals surface area contributed by atoms with Crippen molar-refractivity contribution >= 4 is 23.1 Å². The van der Waals surface area contributed by atoms with Gasteiger partial charge in [-0.05, 0) is 0 Å². The summed E-state index contributed by atoms with van der Waals surface area (Å²) in [6.45, 7) is 4.70. The van der Waals surface area contributed by atoms with Crippen LogP contribution in [0.3, 0.4) is 0 Å². The second-order valence-electron chi connectivity index (χ2n) is 3.94. The van der Waals surface area contributed by atoms with Crippen LogP contribution in [0.5, 0.6) is 0 Å². The quantitative estimate of drug-likeness (QED) is 0.205. The van der Waals surface area contributed by atoms with Gasteiger partial charge in [-0.1, -0.05) is 0 Å². The Morgan fingerprint density at radius 3 is 0.857 bits per heavy atom. The van der Waals surface area contributed by atoms with Gasteiger partial charge in [0.1, 0.15) is 0 Å². The summed E-state index contributed by atoms with van der Waals surface area (Å²) in [5.41, 5.74) is 0. The largest absolute Gasteiger partial charge is 0.424 e. The summed E-state index contributed by atoms with van der Waals surface area (Å²) >= 11 is 0. The molecule has 0 fully saturated rings. The minimum Gasteiger partial charge on any atom is -0.275 e. The number of carbonyl (C=O) groups excluding carboxylic acids is 4. The third-order valence-electron chi connectivity index (χ3n) is 2.00. The van der Waals surface area contributed by atoms with Crippen molar-refractivity contribution in [2.75, 3.05) is 0 Å². The van der Waals surface area contributed by atoms with Gasteiger partial charge < -0.3 is 0 Å². The van der Waals surface area contributed by atoms with Crippen molar-refractivity contribution in [2.24, 2.45) is 0 Å². The van der Waals surface area contributed by atoms with Crippen LogP contribution in [0, 0.1) is 20.2 Å². The Morgan fingerprint density at radius 2 is 0.857 bits per heavy atom. The predicted octanol–water partition coefficient (Wildman–Crippen LogP) is -0.480. The molecule has 0 amide bonds. The molecule has 10 nitrogen and oxygen atoms in total. The summed E-state index contributed by atoms with van der Waals surface area (Å²) in [6, 6.07) is -2.89. The van der Waals surface area contributed by atoms with Crippen molar-refractivity contribution in [3.8, 4) is 0 Å². The van der Waals surface area contributed by atoms with E-state index in [9.17, 15) is 20.2 Å². The predicted molar refractivity (Wildman–Crippen MR) is 72.0 cm³/mol. The maximum absolute atomic E-state index is 10.0. The molecule has 0 aliphatic carbocycles. The van der Waals surface area contributed by atoms with Gasteiger partial charge in [0.15, 0.2) is 0 Å². The van der Waals surface area contributed by atoms with E-state index < -0.39 is 45.1 Å². The van der Waals surface area contributed by atoms with Gasteiger partial charge in [-0.2, -0.15) is 0 Å². The minimum atomic E-state index is -1.44. The fraction of sp³-hybridized carbons (Fsp3) is 0.600. The second-order valence-corrected chi connectivity index (χ2v) is 3.94. The van der Waals surface area contributed by atoms with E-state index in [1.165, 1.54) is 27.7 Å². The Kier molecular flexibility index (Phi) is 12.3. The molecule has 21 heavy (non-hydrogen) atoms. The molecule has 123 valence electrons. The van der Waals surface area contributed by atoms with Gasteiger partial charge in [-0.3, -0.25) is 39.4 Å². The van der Waals surface area contributed by atoms with Gasteiger partial charge in [0, 0.05) is 17.1 Å². The molecule has 1 radical (unpaired) electrons. The van der Waals surface area contributed by atoms with Crippen LogP contribution < -0.4 is 0 Å². The number of ketones is 4. The van der Waals surface area contributed by atoms with Crippen molar-refractivity contribution < 1.29 is 46.1 Å². The topological polar surface area (TPSA) is 172 Å². The molecule has 0 heterocycles. The Hall–Kier alpha value is -2.00. The fourth-order valence-corrected chi connectivity index (χ4v) is 1.21. The van der Waals surface area contributed by atoms with Gasteiger partial charge >= 0.3 is 35.2 Å². The summed E-state index contributed by atoms with van der Waals surface area (Å²) in [5.74, 6) is -1.65. The molecule has 0 saturated heterocycles. The molecule has 0 bridgehead atoms. The average Bonchev–Trinajstić information content (AvgIpc) is 2.12. The molecule has 0 aromatic carbocycles. The molecule has 0 rings (SSSR count). The van der Waals surface area contributed by atoms with Crippen LogP contribution in [0.15, 0.2) is 0 Å². The zero-order chi connectivity index (χ0) is 16.6. The number of hydrogen-bond acceptors (Lipinski definition) is 4. The maximum Gasteiger partial charge on any atom is 0.424 e. The van der Waals surface area contributed by atoms with Crippen molar-refractivity contribution in [3.05, 3.63) is 20.2 Å². The first-order valence-corrected chi connectivity index (χ1v) is 5.30. The first-order chi connectivity index (χ1) is 8.93. The molecule has 0 aromatic rings. The summed E-state index contributed by atoms with van der Waals surface area (Å²) < 4.78 is 0. The van der Waals surface area contributed by atoms with Crippen LogP contribution >= 0.6 is 0 Å². The minimum absolute atomic E-state index is 0. The van der Waals surface area contributed by atoms with Crippen LogP contribution in [0.25, 0.3) is 0 Å². The maximum atomic E-state index is 10.0. The first kappa shape index (κ1) is 24.0. The standard InChI is InChI=1S/2C5H7NO4.Cu/c2*1-3(7)5(4(2)8)6(9)10;/h2*5H,1-2H3;/p+4. The SMILES string of the molecule is CC(=[OH+])C(C(C)=[OH+])[N+](=O)[O-].CC(=[OH+])C(C(C)=[OH+])[N+](=O)[O-].[Cu]. The molecule has 0 atom stereocenters. The third-order valence-corrected chi connectivity index (χ3v) is 2.00. The van der Waals surface area contributed by atoms with E-state index in [1.54, 1.807) is 0 Å². The summed E-state index contributed by atoms with van der Waals surface area (Å²) in [7, 11) is 0. The van der Waals surface area contributed by atoms with Crippen molar-refractivity contribution in [1.29, 1.82) is 0 Å². The van der Waals surface area contributed by atoms with Crippen LogP contribution in [0.2, 0.25) is 0 Å². The van der Waals surface area contributed by atoms with Crippen molar-refractivity contribution in [2.45, 2.75) is 39.8 Å². The van der Waals surface area contributed by atoms with Gasteiger partial charge in [0.05, 0.1) is 37.5 Å². The fourth-order valence-electron chi connectivity index (χ4n) is 1.21. The van der Waals surface area contributed by atoms with Crippen LogP contribution in [0.1, 0.15) is 27.7 Å². The van der Waals surface area contributed by atoms with Gasteiger partial charge in [-0.15, -0.1) is 0 Å². The molecule has 0 aliphatic rings. The molecule has 0 saturated carbocycles. The van der Waals surface area contributed by atoms with Crippen LogP contribution in [-0.4, -0.2) is 64.2 Å². The Balaban J connectivity index is -0.000000295. The van der Waals surface area contributed by atoms with Crippen molar-refractivity contribution in [1.82, 2.24) is 0 Å². The Labute approximate surface area is 130 Å². The van der Waals surface area contributed by atoms with E-state index in [-0.39, 0.29) is 17.1 Å². The third kappa shape index (κ3) is 9.52. The zero-order valence-electron chi connectivity index (χ0n) is 11.8. The Bertz CT molecular complexity index is 353. The molecule has 0 unspecified atom stereocenters. The Morgan fingerprint density at radius 1 is 0.714 bits per heavy atom. The van der Waals surface area contributed by atoms with E-state index in [1.807, 2.05) is 0 Å². The van der Waals surface area contributed by atoms with Crippen molar-refractivity contribution in [3.63, 3.8) is 0 Å². The number of rotatable bonds is 6. The van der Waals surface area contributed by atoms with E-state index in [0.29, 0.717) is 0 Å². The summed E-state index contributed by atoms with van der Waals surface area (Å²) in [6.07, 6.45) is 0. The molecular formula is C10H18CuN2O8+4. The number of nitro groups is 2. The van der Waals surface area contributed by atoms with E-state index in [0.717, 1.165) is 0 Å². The second kappa shape index (κ2) is 10.7. The van der Waals surface area contributed by atoms with Crippen LogP contribution in [-0.2, 0) is 17.1 Å². The van der Waals surface area contributed by atoms with Gasteiger partial charge in [0.2, 0.25) is 0 Å². The molecule has 0 aromatic heterocycles. The molecule has 4 N–H and O–H groups in total. The molecule has 11 heteroatoms. The van der Waals surface area contributed by atoms with E-state index >= 15 is 0 Å². The van der Waals surface area contributed by atoms with Crippen LogP contribution in [0.4, 0.5) is 0 Å². The van der Waals surface area contributed by atoms with E-state index in [2.05, 4.69) is 0 Å². The zero-order valence-corrected chi connectivity index (χ0v) is 12.7. The normalized spacial score (nSPS) is 11.6. The molecule has 0 aliphatic heterocycles. The van der Waals surface area contributed by atoms with E-state index in [4.69, 9.17) is 19.2 Å². The van der Waals surface area contributed by atoms with Gasteiger partial charge in [0.25, 0.3) is 0 Å². The summed E-state index contributed by atoms with van der Waals surface area (Å²) in [4.78, 5) is 53.1.